The fraction of sp³-hybridized carbons (Fsp3) is 0.263. The molecule has 1 N–H and O–H groups in total. The quantitative estimate of drug-likeness (QED) is 0.630. The minimum Gasteiger partial charge on any atom is -0.319 e. The van der Waals surface area contributed by atoms with Crippen molar-refractivity contribution in [2.75, 3.05) is 12.3 Å². The molecule has 0 spiro atoms. The predicted octanol–water partition coefficient (Wildman–Crippen LogP) is 4.21. The second-order valence-corrected chi connectivity index (χ2v) is 7.79. The van der Waals surface area contributed by atoms with Crippen molar-refractivity contribution in [3.63, 3.8) is 0 Å². The number of benzene rings is 2. The highest BCUT2D eigenvalue weighted by Gasteiger charge is 2.48. The molecular weight excluding hydrogens is 356 g/mol. The molecule has 0 bridgehead atoms. The molecule has 0 saturated carbocycles. The Morgan fingerprint density at radius 2 is 1.72 bits per heavy atom. The Hall–Kier alpha value is -1.98. The lowest BCUT2D eigenvalue weighted by Crippen LogP contribution is -2.41. The molecule has 0 aliphatic carbocycles. The normalized spacial score (nSPS) is 20.0. The van der Waals surface area contributed by atoms with Gasteiger partial charge in [0.05, 0.1) is 0 Å². The van der Waals surface area contributed by atoms with Crippen molar-refractivity contribution < 1.29 is 9.59 Å². The standard InChI is InChI=1S/C19H19ClN2O2S/c1-13-3-5-14(6-4-13)19(2)17(23)22(18(24)21-19)11-12-25-16-9-7-15(20)8-10-16/h3-10H,11-12H2,1-2H3,(H,21,24)/t19-/m0/s1. The maximum absolute atomic E-state index is 12.8. The van der Waals surface area contributed by atoms with Crippen LogP contribution in [-0.4, -0.2) is 29.1 Å². The smallest absolute Gasteiger partial charge is 0.319 e. The molecule has 1 aliphatic rings. The van der Waals surface area contributed by atoms with Crippen molar-refractivity contribution in [3.05, 3.63) is 64.7 Å². The number of hydrogen-bond acceptors (Lipinski definition) is 3. The third kappa shape index (κ3) is 3.67. The van der Waals surface area contributed by atoms with Crippen molar-refractivity contribution in [2.24, 2.45) is 0 Å². The van der Waals surface area contributed by atoms with Crippen LogP contribution in [0.3, 0.4) is 0 Å². The molecule has 1 heterocycles. The van der Waals surface area contributed by atoms with Crippen molar-refractivity contribution >= 4 is 35.3 Å². The number of thioether (sulfide) groups is 1. The van der Waals surface area contributed by atoms with Gasteiger partial charge in [-0.25, -0.2) is 4.79 Å². The lowest BCUT2D eigenvalue weighted by Gasteiger charge is -2.22. The first-order valence-corrected chi connectivity index (χ1v) is 9.36. The van der Waals surface area contributed by atoms with Gasteiger partial charge in [0.1, 0.15) is 5.54 Å². The van der Waals surface area contributed by atoms with Crippen LogP contribution in [-0.2, 0) is 10.3 Å². The summed E-state index contributed by atoms with van der Waals surface area (Å²) >= 11 is 7.46. The molecular formula is C19H19ClN2O2S. The monoisotopic (exact) mass is 374 g/mol. The molecule has 0 aromatic heterocycles. The zero-order valence-electron chi connectivity index (χ0n) is 14.1. The van der Waals surface area contributed by atoms with Gasteiger partial charge in [-0.05, 0) is 43.7 Å². The second kappa shape index (κ2) is 7.10. The fourth-order valence-corrected chi connectivity index (χ4v) is 3.73. The average Bonchev–Trinajstić information content (AvgIpc) is 2.81. The van der Waals surface area contributed by atoms with Crippen LogP contribution in [0.25, 0.3) is 0 Å². The molecule has 6 heteroatoms. The van der Waals surface area contributed by atoms with E-state index < -0.39 is 5.54 Å². The van der Waals surface area contributed by atoms with E-state index in [1.165, 1.54) is 4.90 Å². The van der Waals surface area contributed by atoms with Gasteiger partial charge in [0.15, 0.2) is 0 Å². The molecule has 3 rings (SSSR count). The van der Waals surface area contributed by atoms with Crippen LogP contribution in [0.5, 0.6) is 0 Å². The molecule has 4 nitrogen and oxygen atoms in total. The summed E-state index contributed by atoms with van der Waals surface area (Å²) in [4.78, 5) is 27.5. The Labute approximate surface area is 156 Å². The summed E-state index contributed by atoms with van der Waals surface area (Å²) < 4.78 is 0. The number of nitrogens with one attached hydrogen (secondary N) is 1. The molecule has 0 unspecified atom stereocenters. The van der Waals surface area contributed by atoms with Crippen LogP contribution >= 0.6 is 23.4 Å². The van der Waals surface area contributed by atoms with Gasteiger partial charge in [0, 0.05) is 22.2 Å². The number of hydrogen-bond donors (Lipinski definition) is 1. The minimum atomic E-state index is -1.00. The number of imide groups is 1. The largest absolute Gasteiger partial charge is 0.325 e. The van der Waals surface area contributed by atoms with E-state index in [9.17, 15) is 9.59 Å². The van der Waals surface area contributed by atoms with Crippen molar-refractivity contribution in [2.45, 2.75) is 24.3 Å². The van der Waals surface area contributed by atoms with Crippen molar-refractivity contribution in [3.8, 4) is 0 Å². The third-order valence-corrected chi connectivity index (χ3v) is 5.55. The summed E-state index contributed by atoms with van der Waals surface area (Å²) in [6, 6.07) is 14.8. The number of carbonyl (C=O) groups excluding carboxylic acids is 2. The van der Waals surface area contributed by atoms with E-state index in [-0.39, 0.29) is 11.9 Å². The maximum Gasteiger partial charge on any atom is 0.325 e. The van der Waals surface area contributed by atoms with Gasteiger partial charge in [-0.1, -0.05) is 41.4 Å². The first kappa shape index (κ1) is 17.8. The highest BCUT2D eigenvalue weighted by molar-refractivity contribution is 7.99. The fourth-order valence-electron chi connectivity index (χ4n) is 2.77. The van der Waals surface area contributed by atoms with E-state index in [4.69, 9.17) is 11.6 Å². The Morgan fingerprint density at radius 3 is 2.36 bits per heavy atom. The summed E-state index contributed by atoms with van der Waals surface area (Å²) in [6.07, 6.45) is 0. The summed E-state index contributed by atoms with van der Waals surface area (Å²) in [5, 5.41) is 3.52. The van der Waals surface area contributed by atoms with Crippen LogP contribution in [0.2, 0.25) is 5.02 Å². The zero-order chi connectivity index (χ0) is 18.0. The number of aryl methyl sites for hydroxylation is 1. The van der Waals surface area contributed by atoms with Crippen LogP contribution in [0, 0.1) is 6.92 Å². The molecule has 1 aliphatic heterocycles. The molecule has 2 aromatic rings. The van der Waals surface area contributed by atoms with Crippen LogP contribution in [0.1, 0.15) is 18.1 Å². The van der Waals surface area contributed by atoms with E-state index >= 15 is 0 Å². The SMILES string of the molecule is Cc1ccc([C@]2(C)NC(=O)N(CCSc3ccc(Cl)cc3)C2=O)cc1. The Balaban J connectivity index is 1.66. The van der Waals surface area contributed by atoms with Gasteiger partial charge >= 0.3 is 6.03 Å². The Morgan fingerprint density at radius 1 is 1.08 bits per heavy atom. The highest BCUT2D eigenvalue weighted by atomic mass is 35.5. The van der Waals surface area contributed by atoms with Crippen molar-refractivity contribution in [1.29, 1.82) is 0 Å². The molecule has 25 heavy (non-hydrogen) atoms. The van der Waals surface area contributed by atoms with E-state index in [2.05, 4.69) is 5.32 Å². The van der Waals surface area contributed by atoms with Gasteiger partial charge in [-0.15, -0.1) is 11.8 Å². The predicted molar refractivity (Wildman–Crippen MR) is 101 cm³/mol. The van der Waals surface area contributed by atoms with Crippen molar-refractivity contribution in [1.82, 2.24) is 10.2 Å². The molecule has 130 valence electrons. The molecule has 3 amide bonds. The number of nitrogens with zero attached hydrogens (tertiary/aromatic N) is 1. The van der Waals surface area contributed by atoms with Gasteiger partial charge in [-0.2, -0.15) is 0 Å². The van der Waals surface area contributed by atoms with Gasteiger partial charge < -0.3 is 5.32 Å². The average molecular weight is 375 g/mol. The molecule has 0 radical (unpaired) electrons. The summed E-state index contributed by atoms with van der Waals surface area (Å²) in [7, 11) is 0. The Kier molecular flexibility index (Phi) is 5.06. The summed E-state index contributed by atoms with van der Waals surface area (Å²) in [6.45, 7) is 4.10. The first-order valence-electron chi connectivity index (χ1n) is 8.00. The summed E-state index contributed by atoms with van der Waals surface area (Å²) in [5.41, 5.74) is 0.903. The molecule has 1 saturated heterocycles. The lowest BCUT2D eigenvalue weighted by molar-refractivity contribution is -0.130. The molecule has 2 aromatic carbocycles. The van der Waals surface area contributed by atoms with Gasteiger partial charge in [0.2, 0.25) is 0 Å². The second-order valence-electron chi connectivity index (χ2n) is 6.18. The molecule has 1 atom stereocenters. The maximum atomic E-state index is 12.8. The first-order chi connectivity index (χ1) is 11.9. The third-order valence-electron chi connectivity index (χ3n) is 4.30. The Bertz CT molecular complexity index is 792. The number of halogens is 1. The lowest BCUT2D eigenvalue weighted by atomic mass is 9.91. The van der Waals surface area contributed by atoms with Crippen LogP contribution < -0.4 is 5.32 Å². The topological polar surface area (TPSA) is 49.4 Å². The van der Waals surface area contributed by atoms with Gasteiger partial charge in [-0.3, -0.25) is 9.69 Å². The van der Waals surface area contributed by atoms with Crippen LogP contribution in [0.4, 0.5) is 4.79 Å². The minimum absolute atomic E-state index is 0.210. The van der Waals surface area contributed by atoms with E-state index in [0.29, 0.717) is 17.3 Å². The number of rotatable bonds is 5. The number of amides is 3. The van der Waals surface area contributed by atoms with E-state index in [1.54, 1.807) is 18.7 Å². The van der Waals surface area contributed by atoms with E-state index in [1.807, 2.05) is 55.5 Å². The number of urea groups is 1. The zero-order valence-corrected chi connectivity index (χ0v) is 15.7. The van der Waals surface area contributed by atoms with E-state index in [0.717, 1.165) is 16.0 Å². The van der Waals surface area contributed by atoms with Crippen LogP contribution in [0.15, 0.2) is 53.4 Å². The highest BCUT2D eigenvalue weighted by Crippen LogP contribution is 2.29. The number of carbonyl (C=O) groups is 2. The van der Waals surface area contributed by atoms with Gasteiger partial charge in [0.25, 0.3) is 5.91 Å². The summed E-state index contributed by atoms with van der Waals surface area (Å²) in [5.74, 6) is 0.420. The molecule has 1 fully saturated rings.